The summed E-state index contributed by atoms with van der Waals surface area (Å²) in [4.78, 5) is 18.9. The van der Waals surface area contributed by atoms with E-state index in [-0.39, 0.29) is 5.91 Å². The molecule has 1 atom stereocenters. The van der Waals surface area contributed by atoms with E-state index in [4.69, 9.17) is 23.2 Å². The lowest BCUT2D eigenvalue weighted by atomic mass is 9.99. The summed E-state index contributed by atoms with van der Waals surface area (Å²) in [5.74, 6) is -0.139. The van der Waals surface area contributed by atoms with Crippen molar-refractivity contribution in [3.63, 3.8) is 0 Å². The van der Waals surface area contributed by atoms with E-state index in [0.717, 1.165) is 23.2 Å². The van der Waals surface area contributed by atoms with Crippen molar-refractivity contribution in [2.45, 2.75) is 11.3 Å². The van der Waals surface area contributed by atoms with Gasteiger partial charge in [0.25, 0.3) is 5.91 Å². The molecule has 0 N–H and O–H groups in total. The van der Waals surface area contributed by atoms with Crippen LogP contribution < -0.4 is 0 Å². The highest BCUT2D eigenvalue weighted by Crippen LogP contribution is 2.30. The van der Waals surface area contributed by atoms with Gasteiger partial charge in [0.1, 0.15) is 11.0 Å². The molecule has 0 aliphatic carbocycles. The first-order valence-electron chi connectivity index (χ1n) is 10.4. The Labute approximate surface area is 206 Å². The number of aromatic nitrogens is 1. The van der Waals surface area contributed by atoms with Crippen LogP contribution in [0.5, 0.6) is 0 Å². The molecule has 0 saturated heterocycles. The van der Waals surface area contributed by atoms with Gasteiger partial charge in [-0.1, -0.05) is 47.5 Å². The number of nitrogens with zero attached hydrogens (tertiary/aromatic N) is 3. The quantitative estimate of drug-likeness (QED) is 0.461. The van der Waals surface area contributed by atoms with Crippen LogP contribution in [0.3, 0.4) is 0 Å². The summed E-state index contributed by atoms with van der Waals surface area (Å²) in [6, 6.07) is 16.6. The Bertz CT molecular complexity index is 1260. The van der Waals surface area contributed by atoms with Crippen LogP contribution in [0, 0.1) is 0 Å². The first kappa shape index (κ1) is 23.6. The first-order valence-corrected chi connectivity index (χ1v) is 12.3. The number of hydrogen-bond donors (Lipinski definition) is 0. The normalized spacial score (nSPS) is 15.1. The van der Waals surface area contributed by atoms with Gasteiger partial charge in [-0.3, -0.25) is 9.78 Å². The number of pyridine rings is 1. The van der Waals surface area contributed by atoms with Gasteiger partial charge in [-0.05, 0) is 54.0 Å². The Kier molecular flexibility index (Phi) is 7.29. The Morgan fingerprint density at radius 3 is 2.48 bits per heavy atom. The van der Waals surface area contributed by atoms with Crippen LogP contribution in [0.25, 0.3) is 16.8 Å². The fourth-order valence-electron chi connectivity index (χ4n) is 3.67. The van der Waals surface area contributed by atoms with Gasteiger partial charge in [0.15, 0.2) is 0 Å². The molecular weight excluding hydrogens is 477 g/mol. The van der Waals surface area contributed by atoms with Gasteiger partial charge in [0, 0.05) is 38.9 Å². The van der Waals surface area contributed by atoms with E-state index in [0.29, 0.717) is 33.6 Å². The molecular formula is C25H23Cl2N3O2S. The summed E-state index contributed by atoms with van der Waals surface area (Å²) >= 11 is 12.6. The van der Waals surface area contributed by atoms with Gasteiger partial charge in [-0.25, -0.2) is 8.51 Å². The Hall–Kier alpha value is -2.51. The lowest BCUT2D eigenvalue weighted by Gasteiger charge is -2.25. The summed E-state index contributed by atoms with van der Waals surface area (Å²) in [6.45, 7) is 1.23. The third kappa shape index (κ3) is 5.20. The maximum atomic E-state index is 12.9. The highest BCUT2D eigenvalue weighted by molar-refractivity contribution is 7.82. The van der Waals surface area contributed by atoms with Gasteiger partial charge in [0.2, 0.25) is 0 Å². The maximum Gasteiger partial charge on any atom is 0.254 e. The molecule has 1 aromatic heterocycles. The van der Waals surface area contributed by atoms with Crippen LogP contribution in [-0.4, -0.2) is 51.5 Å². The predicted molar refractivity (Wildman–Crippen MR) is 135 cm³/mol. The van der Waals surface area contributed by atoms with E-state index >= 15 is 0 Å². The molecule has 2 heterocycles. The zero-order chi connectivity index (χ0) is 23.5. The Morgan fingerprint density at radius 2 is 1.82 bits per heavy atom. The van der Waals surface area contributed by atoms with Crippen molar-refractivity contribution in [3.05, 3.63) is 88.0 Å². The van der Waals surface area contributed by atoms with Crippen LogP contribution in [0.2, 0.25) is 10.0 Å². The number of carbonyl (C=O) groups excluding carboxylic acids is 1. The van der Waals surface area contributed by atoms with Gasteiger partial charge in [-0.15, -0.1) is 0 Å². The number of benzene rings is 2. The molecule has 5 nitrogen and oxygen atoms in total. The highest BCUT2D eigenvalue weighted by atomic mass is 35.5. The fourth-order valence-corrected chi connectivity index (χ4v) is 5.44. The van der Waals surface area contributed by atoms with E-state index in [1.54, 1.807) is 44.6 Å². The van der Waals surface area contributed by atoms with Gasteiger partial charge in [-0.2, -0.15) is 0 Å². The average molecular weight is 500 g/mol. The zero-order valence-electron chi connectivity index (χ0n) is 18.3. The molecule has 0 radical (unpaired) electrons. The maximum absolute atomic E-state index is 12.9. The molecule has 33 heavy (non-hydrogen) atoms. The number of amides is 1. The summed E-state index contributed by atoms with van der Waals surface area (Å²) in [7, 11) is 2.09. The minimum Gasteiger partial charge on any atom is -0.345 e. The largest absolute Gasteiger partial charge is 0.345 e. The topological polar surface area (TPSA) is 53.5 Å². The fraction of sp³-hybridized carbons (Fsp3) is 0.200. The number of carbonyl (C=O) groups is 1. The van der Waals surface area contributed by atoms with Crippen LogP contribution in [-0.2, 0) is 11.0 Å². The molecule has 8 heteroatoms. The Morgan fingerprint density at radius 1 is 1.03 bits per heavy atom. The van der Waals surface area contributed by atoms with Crippen molar-refractivity contribution in [1.29, 1.82) is 0 Å². The first-order chi connectivity index (χ1) is 15.8. The molecule has 1 amide bonds. The van der Waals surface area contributed by atoms with Crippen LogP contribution in [0.15, 0.2) is 71.8 Å². The van der Waals surface area contributed by atoms with Gasteiger partial charge in [0.05, 0.1) is 26.2 Å². The molecule has 0 fully saturated rings. The van der Waals surface area contributed by atoms with Gasteiger partial charge >= 0.3 is 0 Å². The second-order valence-electron chi connectivity index (χ2n) is 7.87. The second-order valence-corrected chi connectivity index (χ2v) is 10.1. The zero-order valence-corrected chi connectivity index (χ0v) is 20.6. The van der Waals surface area contributed by atoms with Crippen molar-refractivity contribution in [1.82, 2.24) is 14.2 Å². The van der Waals surface area contributed by atoms with Crippen molar-refractivity contribution in [3.8, 4) is 11.3 Å². The summed E-state index contributed by atoms with van der Waals surface area (Å²) in [5, 5.41) is 0.911. The molecule has 4 rings (SSSR count). The van der Waals surface area contributed by atoms with E-state index in [2.05, 4.69) is 11.1 Å². The van der Waals surface area contributed by atoms with Crippen molar-refractivity contribution >= 4 is 45.7 Å². The molecule has 3 aromatic rings. The SMILES string of the molecule is CN(C)C(=O)c1ccc(-c2cc(C3=CCN(S(=O)c4ccccc4Cl)CC3)ccn2)cc1Cl. The highest BCUT2D eigenvalue weighted by Gasteiger charge is 2.21. The molecule has 0 saturated carbocycles. The van der Waals surface area contributed by atoms with Crippen LogP contribution >= 0.6 is 23.2 Å². The Balaban J connectivity index is 1.53. The van der Waals surface area contributed by atoms with E-state index in [1.165, 1.54) is 10.5 Å². The molecule has 0 bridgehead atoms. The molecule has 1 unspecified atom stereocenters. The molecule has 170 valence electrons. The third-order valence-corrected chi connectivity index (χ3v) is 7.75. The van der Waals surface area contributed by atoms with Crippen molar-refractivity contribution in [2.24, 2.45) is 0 Å². The molecule has 2 aromatic carbocycles. The van der Waals surface area contributed by atoms with Gasteiger partial charge < -0.3 is 4.90 Å². The van der Waals surface area contributed by atoms with Crippen molar-refractivity contribution in [2.75, 3.05) is 27.2 Å². The lowest BCUT2D eigenvalue weighted by molar-refractivity contribution is 0.0828. The second kappa shape index (κ2) is 10.2. The van der Waals surface area contributed by atoms with E-state index in [1.807, 2.05) is 34.6 Å². The monoisotopic (exact) mass is 499 g/mol. The predicted octanol–water partition coefficient (Wildman–Crippen LogP) is 5.57. The standard InChI is InChI=1S/C25H23Cl2N3O2S/c1-29(2)25(31)20-8-7-19(15-22(20)27)23-16-18(9-12-28-23)17-10-13-30(14-11-17)33(32)24-6-4-3-5-21(24)26/h3-10,12,15-16H,11,13-14H2,1-2H3. The molecule has 1 aliphatic heterocycles. The van der Waals surface area contributed by atoms with E-state index < -0.39 is 11.0 Å². The molecule has 0 spiro atoms. The summed E-state index contributed by atoms with van der Waals surface area (Å²) < 4.78 is 14.8. The summed E-state index contributed by atoms with van der Waals surface area (Å²) in [5.41, 5.74) is 4.32. The number of rotatable bonds is 5. The van der Waals surface area contributed by atoms with E-state index in [9.17, 15) is 9.00 Å². The molecule has 1 aliphatic rings. The third-order valence-electron chi connectivity index (χ3n) is 5.46. The number of halogens is 2. The lowest BCUT2D eigenvalue weighted by Crippen LogP contribution is -2.30. The average Bonchev–Trinajstić information content (AvgIpc) is 2.83. The van der Waals surface area contributed by atoms with Crippen LogP contribution in [0.4, 0.5) is 0 Å². The minimum atomic E-state index is -1.30. The number of hydrogen-bond acceptors (Lipinski definition) is 3. The van der Waals surface area contributed by atoms with Crippen molar-refractivity contribution < 1.29 is 9.00 Å². The smallest absolute Gasteiger partial charge is 0.254 e. The summed E-state index contributed by atoms with van der Waals surface area (Å²) in [6.07, 6.45) is 4.63. The minimum absolute atomic E-state index is 0.139. The van der Waals surface area contributed by atoms with Crippen LogP contribution in [0.1, 0.15) is 22.3 Å².